The largest absolute Gasteiger partial charge is 0.476 e. The highest BCUT2D eigenvalue weighted by Gasteiger charge is 2.42. The number of hydrogen-bond donors (Lipinski definition) is 0. The van der Waals surface area contributed by atoms with E-state index < -0.39 is 23.6 Å². The molecule has 1 amide bonds. The molecule has 0 bridgehead atoms. The van der Waals surface area contributed by atoms with Crippen molar-refractivity contribution in [3.8, 4) is 11.5 Å². The molecule has 0 saturated carbocycles. The molecule has 0 radical (unpaired) electrons. The van der Waals surface area contributed by atoms with Gasteiger partial charge in [-0.2, -0.15) is 0 Å². The quantitative estimate of drug-likeness (QED) is 0.130. The van der Waals surface area contributed by atoms with E-state index in [1.807, 2.05) is 68.6 Å². The lowest BCUT2D eigenvalue weighted by Crippen LogP contribution is -2.40. The van der Waals surface area contributed by atoms with Crippen LogP contribution in [0.5, 0.6) is 11.5 Å². The second-order valence-corrected chi connectivity index (χ2v) is 13.0. The number of aryl methyl sites for hydroxylation is 2. The zero-order valence-corrected chi connectivity index (χ0v) is 27.7. The highest BCUT2D eigenvalue weighted by atomic mass is 32.2. The topological polar surface area (TPSA) is 82.1 Å². The molecule has 7 nitrogen and oxygen atoms in total. The summed E-state index contributed by atoms with van der Waals surface area (Å²) in [6, 6.07) is 19.1. The molecule has 1 aliphatic heterocycles. The number of nitrogens with zero attached hydrogens (tertiary/aromatic N) is 1. The summed E-state index contributed by atoms with van der Waals surface area (Å²) >= 11 is 1.62. The molecule has 1 aliphatic rings. The second kappa shape index (κ2) is 13.9. The van der Waals surface area contributed by atoms with Crippen LogP contribution in [-0.2, 0) is 9.53 Å². The van der Waals surface area contributed by atoms with Gasteiger partial charge in [0.25, 0.3) is 0 Å². The fourth-order valence-electron chi connectivity index (χ4n) is 5.57. The Morgan fingerprint density at radius 1 is 0.955 bits per heavy atom. The van der Waals surface area contributed by atoms with Gasteiger partial charge in [-0.25, -0.2) is 9.59 Å². The summed E-state index contributed by atoms with van der Waals surface area (Å²) in [6.07, 6.45) is 1.51. The van der Waals surface area contributed by atoms with Gasteiger partial charge in [0.2, 0.25) is 0 Å². The van der Waals surface area contributed by atoms with Crippen LogP contribution in [0.2, 0.25) is 0 Å². The van der Waals surface area contributed by atoms with Crippen molar-refractivity contribution < 1.29 is 28.6 Å². The number of amides is 1. The van der Waals surface area contributed by atoms with Crippen LogP contribution in [0, 0.1) is 19.8 Å². The first-order valence-electron chi connectivity index (χ1n) is 15.1. The number of carbonyl (C=O) groups excluding carboxylic acids is 3. The zero-order chi connectivity index (χ0) is 32.2. The first kappa shape index (κ1) is 33.1. The number of Topliss-reactive ketones (excluding diaryl/α,β-unsaturated/α-hetero) is 1. The summed E-state index contributed by atoms with van der Waals surface area (Å²) in [6.45, 7) is 14.0. The maximum absolute atomic E-state index is 14.0. The Bertz CT molecular complexity index is 1470. The van der Waals surface area contributed by atoms with Crippen molar-refractivity contribution in [3.05, 3.63) is 88.5 Å². The normalized spacial score (nSPS) is 16.6. The van der Waals surface area contributed by atoms with Gasteiger partial charge in [-0.1, -0.05) is 50.2 Å². The van der Waals surface area contributed by atoms with E-state index in [-0.39, 0.29) is 24.9 Å². The Morgan fingerprint density at radius 2 is 1.57 bits per heavy atom. The monoisotopic (exact) mass is 617 g/mol. The average Bonchev–Trinajstić information content (AvgIpc) is 3.45. The lowest BCUT2D eigenvalue weighted by molar-refractivity contribution is -0.158. The highest BCUT2D eigenvalue weighted by molar-refractivity contribution is 7.98. The first-order chi connectivity index (χ1) is 20.8. The molecule has 0 aromatic heterocycles. The number of ether oxygens (including phenoxy) is 3. The van der Waals surface area contributed by atoms with E-state index in [1.165, 1.54) is 0 Å². The Kier molecular flexibility index (Phi) is 10.5. The van der Waals surface area contributed by atoms with E-state index >= 15 is 0 Å². The number of thioether (sulfide) groups is 1. The maximum Gasteiger partial charge on any atom is 0.415 e. The van der Waals surface area contributed by atoms with Crippen molar-refractivity contribution in [1.29, 1.82) is 0 Å². The number of likely N-dealkylation sites (tertiary alicyclic amines) is 1. The molecule has 8 heteroatoms. The van der Waals surface area contributed by atoms with E-state index in [4.69, 9.17) is 14.2 Å². The molecular weight excluding hydrogens is 574 g/mol. The average molecular weight is 618 g/mol. The third kappa shape index (κ3) is 7.46. The molecule has 3 aromatic carbocycles. The maximum atomic E-state index is 14.0. The fraction of sp³-hybridized carbons (Fsp3) is 0.417. The van der Waals surface area contributed by atoms with Crippen molar-refractivity contribution in [2.24, 2.45) is 5.92 Å². The second-order valence-electron chi connectivity index (χ2n) is 12.1. The van der Waals surface area contributed by atoms with Gasteiger partial charge in [0, 0.05) is 35.4 Å². The van der Waals surface area contributed by atoms with Crippen LogP contribution < -0.4 is 9.47 Å². The smallest absolute Gasteiger partial charge is 0.415 e. The molecule has 0 spiro atoms. The first-order valence-corrected chi connectivity index (χ1v) is 16.3. The van der Waals surface area contributed by atoms with Gasteiger partial charge in [-0.3, -0.25) is 4.79 Å². The number of carbonyl (C=O) groups is 3. The van der Waals surface area contributed by atoms with Crippen LogP contribution in [0.1, 0.15) is 79.1 Å². The molecular formula is C36H43NO6S. The molecule has 234 valence electrons. The molecule has 4 rings (SSSR count). The van der Waals surface area contributed by atoms with Gasteiger partial charge in [-0.05, 0) is 93.3 Å². The van der Waals surface area contributed by atoms with Crippen LogP contribution in [0.25, 0.3) is 0 Å². The molecule has 3 aromatic rings. The minimum atomic E-state index is -1.17. The Balaban J connectivity index is 1.63. The van der Waals surface area contributed by atoms with Crippen molar-refractivity contribution >= 4 is 29.6 Å². The van der Waals surface area contributed by atoms with Gasteiger partial charge in [-0.15, -0.1) is 11.8 Å². The summed E-state index contributed by atoms with van der Waals surface area (Å²) in [5.74, 6) is 0.256. The van der Waals surface area contributed by atoms with Crippen LogP contribution in [0.4, 0.5) is 4.79 Å². The standard InChI is InChI=1S/C36H43NO6S/c1-9-41-34(39)36(6,7)43-33-23(4)18-27(19-24(33)5)30-20-37(35(40)42-28-14-10-25(11-15-28)22(2)3)21-31(30)32(38)26-12-16-29(44-8)17-13-26/h10-19,22,30-31H,9,20-21H2,1-8H3/t30-,31?/m0/s1. The summed E-state index contributed by atoms with van der Waals surface area (Å²) in [5.41, 5.74) is 3.20. The van der Waals surface area contributed by atoms with Gasteiger partial charge in [0.05, 0.1) is 6.61 Å². The van der Waals surface area contributed by atoms with Crippen molar-refractivity contribution in [1.82, 2.24) is 4.90 Å². The molecule has 1 fully saturated rings. The minimum Gasteiger partial charge on any atom is -0.476 e. The lowest BCUT2D eigenvalue weighted by Gasteiger charge is -2.27. The van der Waals surface area contributed by atoms with Crippen LogP contribution in [-0.4, -0.2) is 54.3 Å². The summed E-state index contributed by atoms with van der Waals surface area (Å²) < 4.78 is 17.1. The molecule has 0 aliphatic carbocycles. The molecule has 1 unspecified atom stereocenters. The predicted molar refractivity (Wildman–Crippen MR) is 174 cm³/mol. The van der Waals surface area contributed by atoms with Gasteiger partial charge < -0.3 is 19.1 Å². The highest BCUT2D eigenvalue weighted by Crippen LogP contribution is 2.39. The minimum absolute atomic E-state index is 0.0154. The number of ketones is 1. The van der Waals surface area contributed by atoms with Crippen molar-refractivity contribution in [3.63, 3.8) is 0 Å². The summed E-state index contributed by atoms with van der Waals surface area (Å²) in [4.78, 5) is 42.5. The number of rotatable bonds is 10. The Labute approximate surface area is 265 Å². The van der Waals surface area contributed by atoms with E-state index in [9.17, 15) is 14.4 Å². The van der Waals surface area contributed by atoms with Crippen LogP contribution in [0.15, 0.2) is 65.6 Å². The SMILES string of the molecule is CCOC(=O)C(C)(C)Oc1c(C)cc([C@@H]2CN(C(=O)Oc3ccc(C(C)C)cc3)CC2C(=O)c2ccc(SC)cc2)cc1C. The van der Waals surface area contributed by atoms with E-state index in [2.05, 4.69) is 13.8 Å². The van der Waals surface area contributed by atoms with Crippen molar-refractivity contribution in [2.75, 3.05) is 26.0 Å². The predicted octanol–water partition coefficient (Wildman–Crippen LogP) is 7.97. The molecule has 0 N–H and O–H groups in total. The summed E-state index contributed by atoms with van der Waals surface area (Å²) in [5, 5.41) is 0. The third-order valence-corrected chi connectivity index (χ3v) is 8.82. The Hall–Kier alpha value is -3.78. The lowest BCUT2D eigenvalue weighted by atomic mass is 9.82. The van der Waals surface area contributed by atoms with Gasteiger partial charge in [0.1, 0.15) is 11.5 Å². The fourth-order valence-corrected chi connectivity index (χ4v) is 5.98. The van der Waals surface area contributed by atoms with E-state index in [1.54, 1.807) is 49.6 Å². The van der Waals surface area contributed by atoms with Gasteiger partial charge >= 0.3 is 12.1 Å². The Morgan fingerprint density at radius 3 is 2.11 bits per heavy atom. The number of hydrogen-bond acceptors (Lipinski definition) is 7. The molecule has 1 saturated heterocycles. The van der Waals surface area contributed by atoms with Crippen molar-refractivity contribution in [2.45, 2.75) is 70.8 Å². The van der Waals surface area contributed by atoms with E-state index in [0.717, 1.165) is 27.1 Å². The number of benzene rings is 3. The summed E-state index contributed by atoms with van der Waals surface area (Å²) in [7, 11) is 0. The molecule has 1 heterocycles. The van der Waals surface area contributed by atoms with Crippen LogP contribution >= 0.6 is 11.8 Å². The third-order valence-electron chi connectivity index (χ3n) is 8.08. The number of esters is 1. The van der Waals surface area contributed by atoms with Gasteiger partial charge in [0.15, 0.2) is 11.4 Å². The van der Waals surface area contributed by atoms with Crippen LogP contribution in [0.3, 0.4) is 0 Å². The molecule has 44 heavy (non-hydrogen) atoms. The van der Waals surface area contributed by atoms with E-state index in [0.29, 0.717) is 29.5 Å². The zero-order valence-electron chi connectivity index (χ0n) is 26.9. The molecule has 2 atom stereocenters.